The first-order valence-corrected chi connectivity index (χ1v) is 9.33. The Morgan fingerprint density at radius 1 is 1.33 bits per heavy atom. The second kappa shape index (κ2) is 7.00. The lowest BCUT2D eigenvalue weighted by Crippen LogP contribution is -3.15. The van der Waals surface area contributed by atoms with Gasteiger partial charge in [-0.05, 0) is 18.6 Å². The third-order valence-corrected chi connectivity index (χ3v) is 6.07. The van der Waals surface area contributed by atoms with E-state index in [1.807, 2.05) is 36.2 Å². The topological polar surface area (TPSA) is 48.5 Å². The molecule has 0 aliphatic carbocycles. The zero-order valence-electron chi connectivity index (χ0n) is 14.5. The van der Waals surface area contributed by atoms with Crippen LogP contribution in [-0.4, -0.2) is 32.5 Å². The number of nitriles is 1. The normalized spacial score (nSPS) is 28.2. The third kappa shape index (κ3) is 3.35. The number of Topliss-reactive ketones (excluding diaryl/α,β-unsaturated/α-hetero) is 1. The largest absolute Gasteiger partial charge is 0.337 e. The summed E-state index contributed by atoms with van der Waals surface area (Å²) in [5.74, 6) is 1.25. The lowest BCUT2D eigenvalue weighted by atomic mass is 9.91. The lowest BCUT2D eigenvalue weighted by Gasteiger charge is -2.31. The number of carbonyl (C=O) groups is 1. The summed E-state index contributed by atoms with van der Waals surface area (Å²) >= 11 is 1.52. The number of thioether (sulfide) groups is 1. The maximum Gasteiger partial charge on any atom is 0.230 e. The summed E-state index contributed by atoms with van der Waals surface area (Å²) in [4.78, 5) is 17.2. The fourth-order valence-corrected chi connectivity index (χ4v) is 5.09. The summed E-state index contributed by atoms with van der Waals surface area (Å²) < 4.78 is 0. The Kier molecular flexibility index (Phi) is 4.98. The molecular weight excluding hydrogens is 318 g/mol. The molecule has 2 aliphatic heterocycles. The second-order valence-electron chi connectivity index (χ2n) is 7.13. The Morgan fingerprint density at radius 3 is 2.62 bits per heavy atom. The van der Waals surface area contributed by atoms with Gasteiger partial charge in [0.05, 0.1) is 18.8 Å². The molecule has 3 atom stereocenters. The number of fused-ring (bicyclic) bond motifs is 1. The molecule has 3 rings (SSSR count). The fourth-order valence-electron chi connectivity index (χ4n) is 3.93. The predicted octanol–water partition coefficient (Wildman–Crippen LogP) is 2.09. The van der Waals surface area contributed by atoms with Crippen molar-refractivity contribution in [1.82, 2.24) is 0 Å². The van der Waals surface area contributed by atoms with Crippen LogP contribution in [0, 0.1) is 23.2 Å². The molecule has 0 amide bonds. The van der Waals surface area contributed by atoms with Crippen molar-refractivity contribution in [2.24, 2.45) is 11.8 Å². The van der Waals surface area contributed by atoms with E-state index in [2.05, 4.69) is 19.9 Å². The van der Waals surface area contributed by atoms with Gasteiger partial charge >= 0.3 is 0 Å². The number of piperidine rings is 1. The van der Waals surface area contributed by atoms with E-state index in [0.717, 1.165) is 28.7 Å². The van der Waals surface area contributed by atoms with E-state index >= 15 is 0 Å². The van der Waals surface area contributed by atoms with E-state index in [9.17, 15) is 10.1 Å². The molecule has 0 bridgehead atoms. The molecule has 1 fully saturated rings. The first-order valence-electron chi connectivity index (χ1n) is 8.51. The van der Waals surface area contributed by atoms with E-state index in [1.54, 1.807) is 0 Å². The van der Waals surface area contributed by atoms with Crippen LogP contribution in [0.3, 0.4) is 0 Å². The molecule has 0 radical (unpaired) electrons. The maximum atomic E-state index is 12.8. The number of quaternary nitrogens is 1. The first-order chi connectivity index (χ1) is 11.5. The molecule has 1 N–H and O–H groups in total. The molecular formula is C19H24N3OS+. The van der Waals surface area contributed by atoms with Gasteiger partial charge in [0, 0.05) is 23.8 Å². The molecule has 2 heterocycles. The Hall–Kier alpha value is -1.77. The SMILES string of the molecule is C[C@@H]1C[C@H](C)C[NH+](CC(=O)/C(C#N)=C2\Sc3ccccc3N2C)C1. The number of rotatable bonds is 3. The number of benzene rings is 1. The van der Waals surface area contributed by atoms with Gasteiger partial charge in [0.2, 0.25) is 5.78 Å². The summed E-state index contributed by atoms with van der Waals surface area (Å²) in [6.07, 6.45) is 1.23. The third-order valence-electron chi connectivity index (χ3n) is 4.83. The Bertz CT molecular complexity index is 712. The van der Waals surface area contributed by atoms with Gasteiger partial charge in [-0.15, -0.1) is 0 Å². The van der Waals surface area contributed by atoms with Crippen LogP contribution in [0.4, 0.5) is 5.69 Å². The van der Waals surface area contributed by atoms with Gasteiger partial charge in [0.1, 0.15) is 23.2 Å². The van der Waals surface area contributed by atoms with Gasteiger partial charge in [0.25, 0.3) is 0 Å². The van der Waals surface area contributed by atoms with Gasteiger partial charge < -0.3 is 9.80 Å². The molecule has 0 spiro atoms. The van der Waals surface area contributed by atoms with Crippen LogP contribution in [0.5, 0.6) is 0 Å². The highest BCUT2D eigenvalue weighted by Gasteiger charge is 2.31. The molecule has 126 valence electrons. The minimum Gasteiger partial charge on any atom is -0.337 e. The molecule has 5 heteroatoms. The fraction of sp³-hybridized carbons (Fsp3) is 0.474. The molecule has 0 saturated carbocycles. The Balaban J connectivity index is 1.80. The zero-order valence-corrected chi connectivity index (χ0v) is 15.3. The quantitative estimate of drug-likeness (QED) is 0.675. The Labute approximate surface area is 148 Å². The summed E-state index contributed by atoms with van der Waals surface area (Å²) in [7, 11) is 1.93. The molecule has 0 aromatic heterocycles. The average molecular weight is 342 g/mol. The van der Waals surface area contributed by atoms with Crippen molar-refractivity contribution in [2.75, 3.05) is 31.6 Å². The highest BCUT2D eigenvalue weighted by Crippen LogP contribution is 2.45. The van der Waals surface area contributed by atoms with E-state index in [-0.39, 0.29) is 5.78 Å². The van der Waals surface area contributed by atoms with Gasteiger partial charge in [-0.1, -0.05) is 37.7 Å². The van der Waals surface area contributed by atoms with Crippen LogP contribution >= 0.6 is 11.8 Å². The number of carbonyl (C=O) groups excluding carboxylic acids is 1. The second-order valence-corrected chi connectivity index (χ2v) is 8.16. The highest BCUT2D eigenvalue weighted by molar-refractivity contribution is 8.03. The number of ketones is 1. The lowest BCUT2D eigenvalue weighted by molar-refractivity contribution is -0.904. The van der Waals surface area contributed by atoms with E-state index in [0.29, 0.717) is 24.0 Å². The standard InChI is InChI=1S/C19H23N3OS/c1-13-8-14(2)11-22(10-13)12-17(23)15(9-20)19-21(3)16-6-4-5-7-18(16)24-19/h4-7,13-14H,8,10-12H2,1-3H3/p+1/b19-15-/t13-,14+. The molecule has 1 aromatic rings. The predicted molar refractivity (Wildman–Crippen MR) is 96.9 cm³/mol. The monoisotopic (exact) mass is 342 g/mol. The van der Waals surface area contributed by atoms with Crippen molar-refractivity contribution in [3.8, 4) is 6.07 Å². The number of hydrogen-bond donors (Lipinski definition) is 1. The van der Waals surface area contributed by atoms with E-state index in [4.69, 9.17) is 0 Å². The number of anilines is 1. The molecule has 2 aliphatic rings. The number of likely N-dealkylation sites (tertiary alicyclic amines) is 1. The zero-order chi connectivity index (χ0) is 17.3. The van der Waals surface area contributed by atoms with Gasteiger partial charge in [-0.2, -0.15) is 5.26 Å². The minimum atomic E-state index is -0.0315. The number of para-hydroxylation sites is 1. The summed E-state index contributed by atoms with van der Waals surface area (Å²) in [6.45, 7) is 6.97. The smallest absolute Gasteiger partial charge is 0.230 e. The molecule has 1 unspecified atom stereocenters. The van der Waals surface area contributed by atoms with Crippen molar-refractivity contribution < 1.29 is 9.69 Å². The van der Waals surface area contributed by atoms with Gasteiger partial charge in [-0.3, -0.25) is 4.79 Å². The maximum absolute atomic E-state index is 12.8. The van der Waals surface area contributed by atoms with Crippen molar-refractivity contribution in [1.29, 1.82) is 5.26 Å². The summed E-state index contributed by atoms with van der Waals surface area (Å²) in [6, 6.07) is 10.2. The number of nitrogens with one attached hydrogen (secondary N) is 1. The molecule has 4 nitrogen and oxygen atoms in total. The van der Waals surface area contributed by atoms with Crippen LogP contribution in [-0.2, 0) is 4.79 Å². The van der Waals surface area contributed by atoms with Crippen LogP contribution in [0.15, 0.2) is 39.8 Å². The summed E-state index contributed by atoms with van der Waals surface area (Å²) in [5.41, 5.74) is 1.36. The van der Waals surface area contributed by atoms with Crippen LogP contribution in [0.2, 0.25) is 0 Å². The molecule has 1 saturated heterocycles. The number of hydrogen-bond acceptors (Lipinski definition) is 4. The molecule has 24 heavy (non-hydrogen) atoms. The Morgan fingerprint density at radius 2 is 2.00 bits per heavy atom. The average Bonchev–Trinajstić information content (AvgIpc) is 2.84. The minimum absolute atomic E-state index is 0.0315. The number of nitrogens with zero attached hydrogens (tertiary/aromatic N) is 2. The van der Waals surface area contributed by atoms with Crippen LogP contribution in [0.25, 0.3) is 0 Å². The van der Waals surface area contributed by atoms with Crippen molar-refractivity contribution >= 4 is 23.2 Å². The van der Waals surface area contributed by atoms with Crippen molar-refractivity contribution in [2.45, 2.75) is 25.2 Å². The summed E-state index contributed by atoms with van der Waals surface area (Å²) in [5, 5.41) is 10.4. The molecule has 1 aromatic carbocycles. The van der Waals surface area contributed by atoms with E-state index in [1.165, 1.54) is 23.1 Å². The van der Waals surface area contributed by atoms with Crippen LogP contribution < -0.4 is 9.80 Å². The van der Waals surface area contributed by atoms with Gasteiger partial charge in [0.15, 0.2) is 0 Å². The van der Waals surface area contributed by atoms with E-state index < -0.39 is 0 Å². The van der Waals surface area contributed by atoms with Crippen molar-refractivity contribution in [3.05, 3.63) is 34.9 Å². The van der Waals surface area contributed by atoms with Crippen LogP contribution in [0.1, 0.15) is 20.3 Å². The first kappa shape index (κ1) is 17.1. The van der Waals surface area contributed by atoms with Gasteiger partial charge in [-0.25, -0.2) is 0 Å². The van der Waals surface area contributed by atoms with Crippen molar-refractivity contribution in [3.63, 3.8) is 0 Å². The highest BCUT2D eigenvalue weighted by atomic mass is 32.2.